The maximum Gasteiger partial charge on any atom is 0.491 e. The molecule has 0 radical (unpaired) electrons. The summed E-state index contributed by atoms with van der Waals surface area (Å²) in [5.74, 6) is 0. The van der Waals surface area contributed by atoms with E-state index in [0.717, 1.165) is 15.5 Å². The number of halogens is 2. The Kier molecular flexibility index (Phi) is 4.91. The van der Waals surface area contributed by atoms with E-state index in [1.165, 1.54) is 0 Å². The van der Waals surface area contributed by atoms with E-state index in [1.807, 2.05) is 52.0 Å². The molecule has 3 nitrogen and oxygen atoms in total. The fraction of sp³-hybridized carbons (Fsp3) is 0.467. The Labute approximate surface area is 140 Å². The summed E-state index contributed by atoms with van der Waals surface area (Å²) in [6, 6.07) is 5.73. The second-order valence-electron chi connectivity index (χ2n) is 6.19. The number of rotatable bonds is 3. The quantitative estimate of drug-likeness (QED) is 0.813. The van der Waals surface area contributed by atoms with Crippen molar-refractivity contribution in [1.29, 1.82) is 0 Å². The maximum atomic E-state index is 6.03. The summed E-state index contributed by atoms with van der Waals surface area (Å²) in [6.07, 6.45) is 1.99. The molecule has 0 saturated carbocycles. The molecule has 1 heterocycles. The zero-order valence-corrected chi connectivity index (χ0v) is 15.1. The first-order chi connectivity index (χ1) is 9.66. The molecule has 6 heteroatoms. The molecule has 1 aromatic carbocycles. The van der Waals surface area contributed by atoms with Crippen molar-refractivity contribution in [3.8, 4) is 0 Å². The number of nitrogens with two attached hydrogens (primary N) is 1. The van der Waals surface area contributed by atoms with Gasteiger partial charge >= 0.3 is 7.12 Å². The summed E-state index contributed by atoms with van der Waals surface area (Å²) < 4.78 is 12.9. The third-order valence-electron chi connectivity index (χ3n) is 4.09. The van der Waals surface area contributed by atoms with Crippen LogP contribution in [0.1, 0.15) is 33.3 Å². The van der Waals surface area contributed by atoms with Gasteiger partial charge in [-0.15, -0.1) is 0 Å². The first-order valence-electron chi connectivity index (χ1n) is 6.87. The molecule has 0 unspecified atom stereocenters. The smallest absolute Gasteiger partial charge is 0.400 e. The Morgan fingerprint density at radius 2 is 1.86 bits per heavy atom. The van der Waals surface area contributed by atoms with E-state index in [9.17, 15) is 0 Å². The van der Waals surface area contributed by atoms with Gasteiger partial charge in [0.1, 0.15) is 0 Å². The van der Waals surface area contributed by atoms with Gasteiger partial charge in [0, 0.05) is 11.0 Å². The first-order valence-corrected chi connectivity index (χ1v) is 8.04. The number of hydrogen-bond donors (Lipinski definition) is 1. The van der Waals surface area contributed by atoms with E-state index in [4.69, 9.17) is 26.6 Å². The fourth-order valence-electron chi connectivity index (χ4n) is 2.03. The van der Waals surface area contributed by atoms with Crippen molar-refractivity contribution in [3.63, 3.8) is 0 Å². The molecule has 0 atom stereocenters. The van der Waals surface area contributed by atoms with E-state index in [2.05, 4.69) is 15.9 Å². The standard InChI is InChI=1S/C15H20BBrClNO2/c1-14(2)15(3,4)21-16(20-14)11(9-19)7-10-5-6-13(18)12(17)8-10/h5-8H,9,19H2,1-4H3. The molecular formula is C15H20BBrClNO2. The lowest BCUT2D eigenvalue weighted by molar-refractivity contribution is 0.00578. The fourth-order valence-corrected chi connectivity index (χ4v) is 2.55. The minimum Gasteiger partial charge on any atom is -0.400 e. The highest BCUT2D eigenvalue weighted by Crippen LogP contribution is 2.38. The third-order valence-corrected chi connectivity index (χ3v) is 5.30. The van der Waals surface area contributed by atoms with Crippen molar-refractivity contribution < 1.29 is 9.31 Å². The molecule has 1 saturated heterocycles. The van der Waals surface area contributed by atoms with Gasteiger partial charge in [-0.3, -0.25) is 0 Å². The van der Waals surface area contributed by atoms with Gasteiger partial charge in [0.15, 0.2) is 0 Å². The molecule has 0 amide bonds. The van der Waals surface area contributed by atoms with E-state index in [0.29, 0.717) is 11.6 Å². The van der Waals surface area contributed by atoms with Gasteiger partial charge in [0.05, 0.1) is 16.2 Å². The first kappa shape index (κ1) is 17.0. The van der Waals surface area contributed by atoms with Gasteiger partial charge in [-0.2, -0.15) is 0 Å². The summed E-state index contributed by atoms with van der Waals surface area (Å²) in [4.78, 5) is 0. The van der Waals surface area contributed by atoms with Gasteiger partial charge in [0.25, 0.3) is 0 Å². The van der Waals surface area contributed by atoms with Crippen LogP contribution in [0, 0.1) is 0 Å². The molecule has 0 aromatic heterocycles. The molecule has 2 rings (SSSR count). The monoisotopic (exact) mass is 371 g/mol. The van der Waals surface area contributed by atoms with Crippen molar-refractivity contribution in [2.24, 2.45) is 5.73 Å². The molecule has 0 spiro atoms. The van der Waals surface area contributed by atoms with Crippen molar-refractivity contribution >= 4 is 40.7 Å². The molecule has 1 aliphatic heterocycles. The van der Waals surface area contributed by atoms with Crippen molar-refractivity contribution in [2.75, 3.05) is 6.54 Å². The summed E-state index contributed by atoms with van der Waals surface area (Å²) >= 11 is 9.43. The summed E-state index contributed by atoms with van der Waals surface area (Å²) in [6.45, 7) is 8.48. The molecule has 1 fully saturated rings. The lowest BCUT2D eigenvalue weighted by Crippen LogP contribution is -2.41. The van der Waals surface area contributed by atoms with E-state index in [-0.39, 0.29) is 11.2 Å². The number of benzene rings is 1. The lowest BCUT2D eigenvalue weighted by atomic mass is 9.77. The Balaban J connectivity index is 2.28. The van der Waals surface area contributed by atoms with Crippen molar-refractivity contribution in [3.05, 3.63) is 38.7 Å². The highest BCUT2D eigenvalue weighted by atomic mass is 79.9. The van der Waals surface area contributed by atoms with Crippen LogP contribution in [0.15, 0.2) is 28.1 Å². The Hall–Kier alpha value is -0.325. The minimum atomic E-state index is -0.422. The zero-order chi connectivity index (χ0) is 15.8. The predicted octanol–water partition coefficient (Wildman–Crippen LogP) is 4.08. The maximum absolute atomic E-state index is 6.03. The minimum absolute atomic E-state index is 0.369. The van der Waals surface area contributed by atoms with Crippen molar-refractivity contribution in [1.82, 2.24) is 0 Å². The average Bonchev–Trinajstić information content (AvgIpc) is 2.59. The molecule has 21 heavy (non-hydrogen) atoms. The highest BCUT2D eigenvalue weighted by Gasteiger charge is 2.52. The molecular weight excluding hydrogens is 352 g/mol. The van der Waals surface area contributed by atoms with Crippen LogP contribution in [0.2, 0.25) is 5.02 Å². The van der Waals surface area contributed by atoms with Gasteiger partial charge < -0.3 is 15.0 Å². The highest BCUT2D eigenvalue weighted by molar-refractivity contribution is 9.10. The van der Waals surface area contributed by atoms with Crippen LogP contribution >= 0.6 is 27.5 Å². The number of hydrogen-bond acceptors (Lipinski definition) is 3. The molecule has 114 valence electrons. The third kappa shape index (κ3) is 3.54. The molecule has 2 N–H and O–H groups in total. The normalized spacial score (nSPS) is 20.9. The largest absolute Gasteiger partial charge is 0.491 e. The van der Waals surface area contributed by atoms with Crippen LogP contribution in [0.25, 0.3) is 6.08 Å². The Bertz CT molecular complexity index is 559. The second-order valence-corrected chi connectivity index (χ2v) is 7.45. The second kappa shape index (κ2) is 6.05. The van der Waals surface area contributed by atoms with Gasteiger partial charge in [-0.05, 0) is 66.8 Å². The van der Waals surface area contributed by atoms with Crippen LogP contribution in [-0.2, 0) is 9.31 Å². The Morgan fingerprint density at radius 3 is 2.33 bits per heavy atom. The van der Waals surface area contributed by atoms with Crippen LogP contribution in [0.5, 0.6) is 0 Å². The molecule has 0 aliphatic carbocycles. The summed E-state index contributed by atoms with van der Waals surface area (Å²) in [5, 5.41) is 0.678. The topological polar surface area (TPSA) is 44.5 Å². The SMILES string of the molecule is CC1(C)OB(C(=Cc2ccc(Cl)c(Br)c2)CN)OC1(C)C. The summed E-state index contributed by atoms with van der Waals surface area (Å²) in [7, 11) is -0.422. The van der Waals surface area contributed by atoms with Crippen LogP contribution in [0.3, 0.4) is 0 Å². The van der Waals surface area contributed by atoms with Crippen LogP contribution in [-0.4, -0.2) is 24.9 Å². The zero-order valence-electron chi connectivity index (χ0n) is 12.7. The van der Waals surface area contributed by atoms with Crippen LogP contribution < -0.4 is 5.73 Å². The van der Waals surface area contributed by atoms with E-state index < -0.39 is 7.12 Å². The van der Waals surface area contributed by atoms with Crippen molar-refractivity contribution in [2.45, 2.75) is 38.9 Å². The van der Waals surface area contributed by atoms with Gasteiger partial charge in [0.2, 0.25) is 0 Å². The molecule has 1 aromatic rings. The van der Waals surface area contributed by atoms with Gasteiger partial charge in [-0.1, -0.05) is 23.7 Å². The van der Waals surface area contributed by atoms with Gasteiger partial charge in [-0.25, -0.2) is 0 Å². The molecule has 0 bridgehead atoms. The van der Waals surface area contributed by atoms with E-state index >= 15 is 0 Å². The average molecular weight is 372 g/mol. The van der Waals surface area contributed by atoms with E-state index in [1.54, 1.807) is 0 Å². The molecule has 1 aliphatic rings. The predicted molar refractivity (Wildman–Crippen MR) is 92.3 cm³/mol. The summed E-state index contributed by atoms with van der Waals surface area (Å²) in [5.41, 5.74) is 7.05. The Morgan fingerprint density at radius 1 is 1.29 bits per heavy atom. The van der Waals surface area contributed by atoms with Crippen LogP contribution in [0.4, 0.5) is 0 Å². The lowest BCUT2D eigenvalue weighted by Gasteiger charge is -2.32.